The van der Waals surface area contributed by atoms with Crippen LogP contribution in [0.3, 0.4) is 0 Å². The molecular weight excluding hydrogens is 473 g/mol. The van der Waals surface area contributed by atoms with Gasteiger partial charge >= 0.3 is 0 Å². The average Bonchev–Trinajstić information content (AvgIpc) is 3.16. The molecule has 0 bridgehead atoms. The number of hydrogen-bond donors (Lipinski definition) is 3. The maximum atomic E-state index is 15.2. The molecule has 1 aromatic carbocycles. The zero-order valence-electron chi connectivity index (χ0n) is 20.3. The van der Waals surface area contributed by atoms with Gasteiger partial charge in [0.2, 0.25) is 5.95 Å². The van der Waals surface area contributed by atoms with E-state index < -0.39 is 17.5 Å². The number of aliphatic hydroxyl groups is 2. The smallest absolute Gasteiger partial charge is 0.223 e. The highest BCUT2D eigenvalue weighted by Crippen LogP contribution is 2.43. The summed E-state index contributed by atoms with van der Waals surface area (Å²) in [5.74, 6) is 0.183. The zero-order chi connectivity index (χ0) is 25.1. The van der Waals surface area contributed by atoms with Crippen LogP contribution in [0.5, 0.6) is 0 Å². The van der Waals surface area contributed by atoms with Gasteiger partial charge < -0.3 is 24.8 Å². The van der Waals surface area contributed by atoms with Crippen molar-refractivity contribution in [2.75, 3.05) is 18.5 Å². The summed E-state index contributed by atoms with van der Waals surface area (Å²) in [5.41, 5.74) is 0.432. The highest BCUT2D eigenvalue weighted by atomic mass is 35.5. The molecule has 8 nitrogen and oxygen atoms in total. The topological polar surface area (TPSA) is 105 Å². The molecule has 3 aromatic rings. The lowest BCUT2D eigenvalue weighted by atomic mass is 9.70. The first kappa shape index (κ1) is 24.4. The molecule has 2 aromatic heterocycles. The number of imidazole rings is 1. The number of hydrogen-bond acceptors (Lipinski definition) is 7. The number of nitrogens with one attached hydrogen (secondary N) is 1. The molecule has 1 aliphatic heterocycles. The minimum Gasteiger partial charge on any atom is -0.391 e. The van der Waals surface area contributed by atoms with Crippen molar-refractivity contribution in [2.45, 2.75) is 70.7 Å². The van der Waals surface area contributed by atoms with Crippen molar-refractivity contribution in [1.82, 2.24) is 19.5 Å². The Morgan fingerprint density at radius 3 is 2.63 bits per heavy atom. The van der Waals surface area contributed by atoms with Gasteiger partial charge in [-0.3, -0.25) is 0 Å². The van der Waals surface area contributed by atoms with E-state index in [0.717, 1.165) is 12.8 Å². The molecule has 1 saturated carbocycles. The minimum absolute atomic E-state index is 0.0636. The third kappa shape index (κ3) is 4.39. The van der Waals surface area contributed by atoms with Gasteiger partial charge in [-0.05, 0) is 59.1 Å². The van der Waals surface area contributed by atoms with Crippen molar-refractivity contribution >= 4 is 28.6 Å². The average molecular weight is 504 g/mol. The van der Waals surface area contributed by atoms with Crippen molar-refractivity contribution in [3.8, 4) is 11.3 Å². The van der Waals surface area contributed by atoms with E-state index in [-0.39, 0.29) is 28.0 Å². The van der Waals surface area contributed by atoms with Gasteiger partial charge in [-0.1, -0.05) is 11.6 Å². The van der Waals surface area contributed by atoms with E-state index in [2.05, 4.69) is 20.3 Å². The van der Waals surface area contributed by atoms with Gasteiger partial charge in [-0.25, -0.2) is 19.3 Å². The third-order valence-electron chi connectivity index (χ3n) is 7.05. The maximum Gasteiger partial charge on any atom is 0.223 e. The van der Waals surface area contributed by atoms with Crippen LogP contribution in [0, 0.1) is 11.2 Å². The summed E-state index contributed by atoms with van der Waals surface area (Å²) >= 11 is 6.45. The van der Waals surface area contributed by atoms with Crippen LogP contribution in [0.2, 0.25) is 5.02 Å². The lowest BCUT2D eigenvalue weighted by Gasteiger charge is -2.48. The first-order valence-corrected chi connectivity index (χ1v) is 12.3. The first-order valence-electron chi connectivity index (χ1n) is 12.0. The second kappa shape index (κ2) is 8.65. The zero-order valence-corrected chi connectivity index (χ0v) is 21.1. The predicted molar refractivity (Wildman–Crippen MR) is 132 cm³/mol. The summed E-state index contributed by atoms with van der Waals surface area (Å²) < 4.78 is 22.4. The number of aromatic nitrogens is 4. The van der Waals surface area contributed by atoms with E-state index in [9.17, 15) is 10.2 Å². The monoisotopic (exact) mass is 503 g/mol. The Hall–Kier alpha value is -2.33. The Balaban J connectivity index is 1.50. The lowest BCUT2D eigenvalue weighted by Crippen LogP contribution is -2.52. The first-order chi connectivity index (χ1) is 16.5. The number of anilines is 1. The van der Waals surface area contributed by atoms with Gasteiger partial charge in [0.1, 0.15) is 16.9 Å². The molecule has 1 spiro atoms. The lowest BCUT2D eigenvalue weighted by molar-refractivity contribution is -0.151. The summed E-state index contributed by atoms with van der Waals surface area (Å²) in [6.07, 6.45) is 3.36. The summed E-state index contributed by atoms with van der Waals surface area (Å²) in [5, 5.41) is 24.8. The molecular formula is C25H31ClFN5O3. The van der Waals surface area contributed by atoms with Crippen LogP contribution < -0.4 is 5.32 Å². The molecule has 2 fully saturated rings. The Labute approximate surface area is 208 Å². The summed E-state index contributed by atoms with van der Waals surface area (Å²) in [6, 6.07) is 2.88. The van der Waals surface area contributed by atoms with Crippen LogP contribution in [-0.4, -0.2) is 55.1 Å². The quantitative estimate of drug-likeness (QED) is 0.472. The molecule has 1 saturated heterocycles. The van der Waals surface area contributed by atoms with Crippen LogP contribution in [0.25, 0.3) is 22.3 Å². The number of fused-ring (bicyclic) bond motifs is 1. The van der Waals surface area contributed by atoms with Crippen LogP contribution in [0.15, 0.2) is 18.3 Å². The van der Waals surface area contributed by atoms with E-state index in [1.165, 1.54) is 12.3 Å². The van der Waals surface area contributed by atoms with E-state index in [0.29, 0.717) is 48.2 Å². The molecule has 2 aliphatic rings. The van der Waals surface area contributed by atoms with Crippen molar-refractivity contribution in [1.29, 1.82) is 0 Å². The molecule has 5 rings (SSSR count). The number of ether oxygens (including phenoxy) is 1. The van der Waals surface area contributed by atoms with Gasteiger partial charge in [-0.15, -0.1) is 0 Å². The van der Waals surface area contributed by atoms with Gasteiger partial charge in [0, 0.05) is 17.0 Å². The molecule has 188 valence electrons. The van der Waals surface area contributed by atoms with Gasteiger partial charge in [0.05, 0.1) is 47.8 Å². The largest absolute Gasteiger partial charge is 0.391 e. The molecule has 1 aliphatic carbocycles. The van der Waals surface area contributed by atoms with Gasteiger partial charge in [-0.2, -0.15) is 0 Å². The fraction of sp³-hybridized carbons (Fsp3) is 0.560. The van der Waals surface area contributed by atoms with E-state index >= 15 is 4.39 Å². The molecule has 0 amide bonds. The number of rotatable bonds is 5. The number of aliphatic hydroxyl groups excluding tert-OH is 1. The second-order valence-corrected chi connectivity index (χ2v) is 11.1. The van der Waals surface area contributed by atoms with Crippen molar-refractivity contribution in [2.24, 2.45) is 5.41 Å². The SMILES string of the molecule is CC(C)n1c(C(C)(C)O)nc2c(F)cc(-c3nc(N[C@@H]4CCC5(COC5)CC4O)ncc3Cl)cc21. The summed E-state index contributed by atoms with van der Waals surface area (Å²) in [7, 11) is 0. The van der Waals surface area contributed by atoms with Crippen molar-refractivity contribution in [3.63, 3.8) is 0 Å². The highest BCUT2D eigenvalue weighted by molar-refractivity contribution is 6.33. The van der Waals surface area contributed by atoms with E-state index in [4.69, 9.17) is 16.3 Å². The van der Waals surface area contributed by atoms with E-state index in [1.807, 2.05) is 18.4 Å². The Morgan fingerprint density at radius 1 is 1.29 bits per heavy atom. The fourth-order valence-corrected chi connectivity index (χ4v) is 5.41. The van der Waals surface area contributed by atoms with Crippen LogP contribution >= 0.6 is 11.6 Å². The molecule has 2 atom stereocenters. The molecule has 0 radical (unpaired) electrons. The second-order valence-electron chi connectivity index (χ2n) is 10.7. The molecule has 3 heterocycles. The molecule has 1 unspecified atom stereocenters. The normalized spacial score (nSPS) is 22.1. The van der Waals surface area contributed by atoms with Gasteiger partial charge in [0.25, 0.3) is 0 Å². The molecule has 3 N–H and O–H groups in total. The Morgan fingerprint density at radius 2 is 2.03 bits per heavy atom. The molecule has 35 heavy (non-hydrogen) atoms. The predicted octanol–water partition coefficient (Wildman–Crippen LogP) is 4.44. The number of benzene rings is 1. The van der Waals surface area contributed by atoms with Crippen molar-refractivity contribution in [3.05, 3.63) is 35.0 Å². The van der Waals surface area contributed by atoms with E-state index in [1.54, 1.807) is 19.9 Å². The highest BCUT2D eigenvalue weighted by Gasteiger charge is 2.45. The summed E-state index contributed by atoms with van der Waals surface area (Å²) in [4.78, 5) is 13.3. The minimum atomic E-state index is -1.25. The van der Waals surface area contributed by atoms with Crippen molar-refractivity contribution < 1.29 is 19.3 Å². The maximum absolute atomic E-state index is 15.2. The van der Waals surface area contributed by atoms with Crippen LogP contribution in [-0.2, 0) is 10.3 Å². The fourth-order valence-electron chi connectivity index (χ4n) is 5.21. The number of halogens is 2. The standard InChI is InChI=1S/C25H31ClFN5O3/c1-13(2)32-18-8-14(7-16(27)21(18)30-22(32)24(3,4)34)20-15(26)10-28-23(31-20)29-17-5-6-25(9-19(17)33)11-35-12-25/h7-8,10,13,17,19,33-34H,5-6,9,11-12H2,1-4H3,(H,28,29,31)/t17-,19?/m1/s1. The Kier molecular flexibility index (Phi) is 6.03. The molecule has 10 heteroatoms. The van der Waals surface area contributed by atoms with Gasteiger partial charge in [0.15, 0.2) is 5.82 Å². The van der Waals surface area contributed by atoms with Crippen LogP contribution in [0.4, 0.5) is 10.3 Å². The van der Waals surface area contributed by atoms with Crippen LogP contribution in [0.1, 0.15) is 58.8 Å². The summed E-state index contributed by atoms with van der Waals surface area (Å²) in [6.45, 7) is 8.57. The Bertz CT molecular complexity index is 1270. The third-order valence-corrected chi connectivity index (χ3v) is 7.33. The number of nitrogens with zero attached hydrogens (tertiary/aromatic N) is 4.